The van der Waals surface area contributed by atoms with Crippen molar-refractivity contribution in [3.8, 4) is 11.5 Å². The molecule has 0 radical (unpaired) electrons. The first-order valence-electron chi connectivity index (χ1n) is 7.70. The molecule has 0 amide bonds. The van der Waals surface area contributed by atoms with Gasteiger partial charge in [0.25, 0.3) is 0 Å². The lowest BCUT2D eigenvalue weighted by molar-refractivity contribution is 0.0538. The molecule has 0 saturated carbocycles. The van der Waals surface area contributed by atoms with Crippen LogP contribution in [0, 0.1) is 13.8 Å². The van der Waals surface area contributed by atoms with Crippen LogP contribution in [0.2, 0.25) is 0 Å². The number of aromatic nitrogens is 2. The number of nitrogens with one attached hydrogen (secondary N) is 1. The SMILES string of the molecule is COc1ccc(OC)c([C@H](C)NS(=O)(=O)c2c(C)nn(C(F)F)c2C)c1. The van der Waals surface area contributed by atoms with E-state index in [4.69, 9.17) is 9.47 Å². The minimum absolute atomic E-state index is 0.0000993. The monoisotopic (exact) mass is 389 g/mol. The molecule has 0 spiro atoms. The normalized spacial score (nSPS) is 13.1. The number of hydrogen-bond acceptors (Lipinski definition) is 5. The van der Waals surface area contributed by atoms with Gasteiger partial charge in [-0.3, -0.25) is 0 Å². The molecule has 1 N–H and O–H groups in total. The summed E-state index contributed by atoms with van der Waals surface area (Å²) in [5.41, 5.74) is 0.418. The summed E-state index contributed by atoms with van der Waals surface area (Å²) >= 11 is 0. The van der Waals surface area contributed by atoms with Crippen LogP contribution in [0.4, 0.5) is 8.78 Å². The molecule has 0 aliphatic rings. The molecule has 1 heterocycles. The Morgan fingerprint density at radius 1 is 1.19 bits per heavy atom. The fourth-order valence-electron chi connectivity index (χ4n) is 2.76. The van der Waals surface area contributed by atoms with E-state index in [0.717, 1.165) is 0 Å². The molecule has 10 heteroatoms. The van der Waals surface area contributed by atoms with Gasteiger partial charge in [0.2, 0.25) is 10.0 Å². The van der Waals surface area contributed by atoms with E-state index in [1.807, 2.05) is 0 Å². The van der Waals surface area contributed by atoms with Crippen LogP contribution in [-0.2, 0) is 10.0 Å². The van der Waals surface area contributed by atoms with Crippen LogP contribution in [0.5, 0.6) is 11.5 Å². The number of rotatable bonds is 7. The zero-order chi connectivity index (χ0) is 19.6. The molecule has 144 valence electrons. The highest BCUT2D eigenvalue weighted by atomic mass is 32.2. The number of methoxy groups -OCH3 is 2. The molecule has 0 unspecified atom stereocenters. The topological polar surface area (TPSA) is 82.4 Å². The molecule has 0 bridgehead atoms. The number of sulfonamides is 1. The highest BCUT2D eigenvalue weighted by Crippen LogP contribution is 2.31. The van der Waals surface area contributed by atoms with Crippen molar-refractivity contribution in [2.45, 2.75) is 38.3 Å². The predicted octanol–water partition coefficient (Wildman–Crippen LogP) is 2.95. The number of hydrogen-bond donors (Lipinski definition) is 1. The largest absolute Gasteiger partial charge is 0.497 e. The van der Waals surface area contributed by atoms with Crippen molar-refractivity contribution >= 4 is 10.0 Å². The first-order chi connectivity index (χ1) is 12.1. The first-order valence-corrected chi connectivity index (χ1v) is 9.18. The molecule has 0 aliphatic heterocycles. The van der Waals surface area contributed by atoms with Crippen molar-refractivity contribution in [1.29, 1.82) is 0 Å². The standard InChI is InChI=1S/C16H21F2N3O4S/c1-9(13-8-12(24-4)6-7-14(13)25-5)20-26(22,23)15-10(2)19-21(11(15)3)16(17)18/h6-9,16,20H,1-5H3/t9-/m0/s1. The maximum atomic E-state index is 13.0. The number of alkyl halides is 2. The molecule has 2 rings (SSSR count). The third-order valence-electron chi connectivity index (χ3n) is 3.95. The Hall–Kier alpha value is -2.20. The number of aryl methyl sites for hydroxylation is 1. The lowest BCUT2D eigenvalue weighted by atomic mass is 10.1. The highest BCUT2D eigenvalue weighted by molar-refractivity contribution is 7.89. The molecule has 0 saturated heterocycles. The molecule has 2 aromatic rings. The van der Waals surface area contributed by atoms with Gasteiger partial charge in [-0.15, -0.1) is 0 Å². The Balaban J connectivity index is 2.42. The Bertz CT molecular complexity index is 897. The van der Waals surface area contributed by atoms with Crippen LogP contribution in [0.15, 0.2) is 23.1 Å². The molecule has 1 aromatic carbocycles. The fourth-order valence-corrected chi connectivity index (χ4v) is 4.38. The predicted molar refractivity (Wildman–Crippen MR) is 91.2 cm³/mol. The van der Waals surface area contributed by atoms with Crippen molar-refractivity contribution in [3.05, 3.63) is 35.2 Å². The first kappa shape index (κ1) is 20.1. The van der Waals surface area contributed by atoms with Crippen LogP contribution < -0.4 is 14.2 Å². The summed E-state index contributed by atoms with van der Waals surface area (Å²) in [6.45, 7) is 1.36. The maximum absolute atomic E-state index is 13.0. The smallest absolute Gasteiger partial charge is 0.333 e. The average molecular weight is 389 g/mol. The second-order valence-corrected chi connectivity index (χ2v) is 7.32. The van der Waals surface area contributed by atoms with Crippen molar-refractivity contribution in [2.24, 2.45) is 0 Å². The molecule has 1 aromatic heterocycles. The minimum Gasteiger partial charge on any atom is -0.497 e. The number of nitrogens with zero attached hydrogens (tertiary/aromatic N) is 2. The van der Waals surface area contributed by atoms with Gasteiger partial charge in [0.05, 0.1) is 25.6 Å². The van der Waals surface area contributed by atoms with Crippen LogP contribution in [0.3, 0.4) is 0 Å². The summed E-state index contributed by atoms with van der Waals surface area (Å²) < 4.78 is 64.8. The average Bonchev–Trinajstić information content (AvgIpc) is 2.89. The third-order valence-corrected chi connectivity index (χ3v) is 5.74. The van der Waals surface area contributed by atoms with Gasteiger partial charge in [0, 0.05) is 11.6 Å². The van der Waals surface area contributed by atoms with E-state index in [-0.39, 0.29) is 16.3 Å². The van der Waals surface area contributed by atoms with Crippen LogP contribution >= 0.6 is 0 Å². The van der Waals surface area contributed by atoms with E-state index in [9.17, 15) is 17.2 Å². The van der Waals surface area contributed by atoms with Gasteiger partial charge in [-0.05, 0) is 39.0 Å². The third kappa shape index (κ3) is 3.80. The van der Waals surface area contributed by atoms with E-state index < -0.39 is 22.6 Å². The highest BCUT2D eigenvalue weighted by Gasteiger charge is 2.29. The summed E-state index contributed by atoms with van der Waals surface area (Å²) in [4.78, 5) is -0.258. The lowest BCUT2D eigenvalue weighted by Crippen LogP contribution is -2.28. The van der Waals surface area contributed by atoms with E-state index in [2.05, 4.69) is 9.82 Å². The van der Waals surface area contributed by atoms with Gasteiger partial charge in [-0.2, -0.15) is 13.9 Å². The quantitative estimate of drug-likeness (QED) is 0.787. The zero-order valence-electron chi connectivity index (χ0n) is 15.1. The van der Waals surface area contributed by atoms with Gasteiger partial charge in [0.1, 0.15) is 16.4 Å². The van der Waals surface area contributed by atoms with Crippen molar-refractivity contribution in [3.63, 3.8) is 0 Å². The fraction of sp³-hybridized carbons (Fsp3) is 0.438. The van der Waals surface area contributed by atoms with Crippen LogP contribution in [-0.4, -0.2) is 32.4 Å². The lowest BCUT2D eigenvalue weighted by Gasteiger charge is -2.18. The van der Waals surface area contributed by atoms with Crippen molar-refractivity contribution in [1.82, 2.24) is 14.5 Å². The van der Waals surface area contributed by atoms with Crippen LogP contribution in [0.1, 0.15) is 36.5 Å². The summed E-state index contributed by atoms with van der Waals surface area (Å²) in [7, 11) is -1.13. The Morgan fingerprint density at radius 3 is 2.35 bits per heavy atom. The summed E-state index contributed by atoms with van der Waals surface area (Å²) in [5, 5.41) is 3.62. The van der Waals surface area contributed by atoms with Gasteiger partial charge in [0.15, 0.2) is 0 Å². The number of halogens is 2. The molecule has 0 fully saturated rings. The van der Waals surface area contributed by atoms with E-state index in [1.54, 1.807) is 25.1 Å². The van der Waals surface area contributed by atoms with Crippen molar-refractivity contribution < 1.29 is 26.7 Å². The Labute approximate surface area is 151 Å². The summed E-state index contributed by atoms with van der Waals surface area (Å²) in [5.74, 6) is 1.00. The number of benzene rings is 1. The molecule has 26 heavy (non-hydrogen) atoms. The van der Waals surface area contributed by atoms with E-state index in [1.165, 1.54) is 28.1 Å². The molecule has 1 atom stereocenters. The van der Waals surface area contributed by atoms with E-state index >= 15 is 0 Å². The van der Waals surface area contributed by atoms with Gasteiger partial charge >= 0.3 is 6.55 Å². The molecule has 7 nitrogen and oxygen atoms in total. The Kier molecular flexibility index (Phi) is 5.87. The van der Waals surface area contributed by atoms with Crippen LogP contribution in [0.25, 0.3) is 0 Å². The van der Waals surface area contributed by atoms with Gasteiger partial charge in [-0.25, -0.2) is 17.8 Å². The van der Waals surface area contributed by atoms with Gasteiger partial charge < -0.3 is 9.47 Å². The molecular weight excluding hydrogens is 368 g/mol. The molecular formula is C16H21F2N3O4S. The van der Waals surface area contributed by atoms with E-state index in [0.29, 0.717) is 21.7 Å². The van der Waals surface area contributed by atoms with Gasteiger partial charge in [-0.1, -0.05) is 0 Å². The second-order valence-electron chi connectivity index (χ2n) is 5.67. The van der Waals surface area contributed by atoms with Crippen molar-refractivity contribution in [2.75, 3.05) is 14.2 Å². The zero-order valence-corrected chi connectivity index (χ0v) is 15.9. The second kappa shape index (κ2) is 7.58. The Morgan fingerprint density at radius 2 is 1.85 bits per heavy atom. The summed E-state index contributed by atoms with van der Waals surface area (Å²) in [6, 6.07) is 4.29. The minimum atomic E-state index is -4.09. The maximum Gasteiger partial charge on any atom is 0.333 e. The molecule has 0 aliphatic carbocycles. The number of ether oxygens (including phenoxy) is 2. The summed E-state index contributed by atoms with van der Waals surface area (Å²) in [6.07, 6.45) is 0.